The molecule has 0 aromatic heterocycles. The number of carbonyl (C=O) groups is 2. The largest absolute Gasteiger partial charge is 0.478 e. The minimum atomic E-state index is -1.04. The lowest BCUT2D eigenvalue weighted by Gasteiger charge is -2.15. The molecule has 116 valence electrons. The summed E-state index contributed by atoms with van der Waals surface area (Å²) in [6.45, 7) is 5.00. The van der Waals surface area contributed by atoms with E-state index in [2.05, 4.69) is 10.6 Å². The molecule has 1 rings (SSSR count). The summed E-state index contributed by atoms with van der Waals surface area (Å²) < 4.78 is 18.9. The van der Waals surface area contributed by atoms with Crippen LogP contribution in [0.4, 0.5) is 9.18 Å². The van der Waals surface area contributed by atoms with Gasteiger partial charge in [-0.3, -0.25) is 10.1 Å². The van der Waals surface area contributed by atoms with Crippen LogP contribution in [-0.2, 0) is 4.79 Å². The van der Waals surface area contributed by atoms with E-state index in [9.17, 15) is 19.1 Å². The first-order valence-corrected chi connectivity index (χ1v) is 6.58. The first-order valence-electron chi connectivity index (χ1n) is 6.58. The number of carbonyl (C=O) groups excluding carboxylic acids is 2. The van der Waals surface area contributed by atoms with Gasteiger partial charge < -0.3 is 15.2 Å². The summed E-state index contributed by atoms with van der Waals surface area (Å²) in [4.78, 5) is 22.9. The number of imide groups is 1. The molecule has 7 heteroatoms. The van der Waals surface area contributed by atoms with Crippen molar-refractivity contribution in [2.24, 2.45) is 0 Å². The Labute approximate surface area is 122 Å². The number of benzene rings is 1. The summed E-state index contributed by atoms with van der Waals surface area (Å²) in [5.74, 6) is -1.50. The molecule has 3 N–H and O–H groups in total. The minimum absolute atomic E-state index is 0.127. The molecule has 0 saturated carbocycles. The van der Waals surface area contributed by atoms with Gasteiger partial charge in [0.25, 0.3) is 5.91 Å². The maximum atomic E-state index is 13.8. The lowest BCUT2D eigenvalue weighted by atomic mass is 10.1. The molecule has 1 aromatic carbocycles. The molecule has 0 spiro atoms. The fraction of sp³-hybridized carbons (Fsp3) is 0.429. The molecule has 0 heterocycles. The van der Waals surface area contributed by atoms with Crippen LogP contribution in [0.1, 0.15) is 32.4 Å². The quantitative estimate of drug-likeness (QED) is 0.768. The summed E-state index contributed by atoms with van der Waals surface area (Å²) in [5.41, 5.74) is 0.402. The molecule has 6 nitrogen and oxygen atoms in total. The smallest absolute Gasteiger partial charge is 0.321 e. The summed E-state index contributed by atoms with van der Waals surface area (Å²) >= 11 is 0. The average molecular weight is 298 g/mol. The molecule has 0 bridgehead atoms. The van der Waals surface area contributed by atoms with Gasteiger partial charge in [0.1, 0.15) is 0 Å². The molecule has 0 aliphatic rings. The number of aliphatic hydroxyl groups is 1. The Morgan fingerprint density at radius 3 is 2.57 bits per heavy atom. The molecule has 0 aliphatic carbocycles. The summed E-state index contributed by atoms with van der Waals surface area (Å²) in [7, 11) is 0. The second kappa shape index (κ2) is 7.58. The molecular formula is C14H19FN2O4. The number of urea groups is 1. The molecule has 0 fully saturated rings. The minimum Gasteiger partial charge on any atom is -0.478 e. The molecule has 3 amide bonds. The van der Waals surface area contributed by atoms with Crippen molar-refractivity contribution in [2.75, 3.05) is 6.54 Å². The van der Waals surface area contributed by atoms with Gasteiger partial charge in [0.05, 0.1) is 6.10 Å². The zero-order valence-corrected chi connectivity index (χ0v) is 12.1. The van der Waals surface area contributed by atoms with Gasteiger partial charge >= 0.3 is 6.03 Å². The highest BCUT2D eigenvalue weighted by molar-refractivity contribution is 5.96. The molecule has 0 aliphatic heterocycles. The topological polar surface area (TPSA) is 87.7 Å². The molecule has 2 atom stereocenters. The summed E-state index contributed by atoms with van der Waals surface area (Å²) in [6, 6.07) is 3.32. The standard InChI is InChI=1S/C14H19FN2O4/c1-4-16-14(20)17-13(19)9(3)21-12-6-5-10(8(2)18)7-11(12)15/h5-9,18H,4H2,1-3H3,(H2,16,17,19,20)/t8-,9?/m1/s1. The fourth-order valence-electron chi connectivity index (χ4n) is 1.53. The Hall–Kier alpha value is -2.15. The van der Waals surface area contributed by atoms with Crippen molar-refractivity contribution in [3.8, 4) is 5.75 Å². The fourth-order valence-corrected chi connectivity index (χ4v) is 1.53. The number of nitrogens with one attached hydrogen (secondary N) is 2. The van der Waals surface area contributed by atoms with E-state index in [4.69, 9.17) is 4.74 Å². The van der Waals surface area contributed by atoms with Crippen LogP contribution >= 0.6 is 0 Å². The van der Waals surface area contributed by atoms with E-state index < -0.39 is 30.0 Å². The van der Waals surface area contributed by atoms with E-state index in [1.807, 2.05) is 0 Å². The first-order chi connectivity index (χ1) is 9.85. The molecule has 1 aromatic rings. The Balaban J connectivity index is 2.68. The Bertz CT molecular complexity index is 520. The van der Waals surface area contributed by atoms with Crippen molar-refractivity contribution in [3.63, 3.8) is 0 Å². The van der Waals surface area contributed by atoms with Crippen LogP contribution in [0.15, 0.2) is 18.2 Å². The van der Waals surface area contributed by atoms with Crippen LogP contribution in [-0.4, -0.2) is 29.7 Å². The van der Waals surface area contributed by atoms with Crippen molar-refractivity contribution in [3.05, 3.63) is 29.6 Å². The predicted molar refractivity (Wildman–Crippen MR) is 74.3 cm³/mol. The van der Waals surface area contributed by atoms with E-state index in [0.717, 1.165) is 6.07 Å². The molecule has 0 radical (unpaired) electrons. The third-order valence-electron chi connectivity index (χ3n) is 2.69. The van der Waals surface area contributed by atoms with Gasteiger partial charge in [0, 0.05) is 6.54 Å². The SMILES string of the molecule is CCNC(=O)NC(=O)C(C)Oc1ccc([C@@H](C)O)cc1F. The third kappa shape index (κ3) is 5.03. The van der Waals surface area contributed by atoms with E-state index in [1.165, 1.54) is 26.0 Å². The summed E-state index contributed by atoms with van der Waals surface area (Å²) in [6.07, 6.45) is -1.84. The van der Waals surface area contributed by atoms with E-state index in [1.54, 1.807) is 6.92 Å². The maximum Gasteiger partial charge on any atom is 0.321 e. The van der Waals surface area contributed by atoms with Gasteiger partial charge in [-0.25, -0.2) is 9.18 Å². The van der Waals surface area contributed by atoms with Crippen molar-refractivity contribution in [1.82, 2.24) is 10.6 Å². The van der Waals surface area contributed by atoms with Gasteiger partial charge in [-0.15, -0.1) is 0 Å². The van der Waals surface area contributed by atoms with Crippen LogP contribution in [0, 0.1) is 5.82 Å². The number of ether oxygens (including phenoxy) is 1. The highest BCUT2D eigenvalue weighted by Crippen LogP contribution is 2.22. The van der Waals surface area contributed by atoms with Gasteiger partial charge in [-0.1, -0.05) is 6.07 Å². The zero-order chi connectivity index (χ0) is 16.0. The van der Waals surface area contributed by atoms with Crippen LogP contribution in [0.2, 0.25) is 0 Å². The van der Waals surface area contributed by atoms with E-state index in [0.29, 0.717) is 12.1 Å². The maximum absolute atomic E-state index is 13.8. The number of halogens is 1. The van der Waals surface area contributed by atoms with Gasteiger partial charge in [0.2, 0.25) is 0 Å². The molecule has 0 saturated heterocycles. The number of amides is 3. The van der Waals surface area contributed by atoms with Gasteiger partial charge in [0.15, 0.2) is 17.7 Å². The highest BCUT2D eigenvalue weighted by Gasteiger charge is 2.19. The third-order valence-corrected chi connectivity index (χ3v) is 2.69. The number of aliphatic hydroxyl groups excluding tert-OH is 1. The van der Waals surface area contributed by atoms with Gasteiger partial charge in [-0.2, -0.15) is 0 Å². The second-order valence-electron chi connectivity index (χ2n) is 4.47. The zero-order valence-electron chi connectivity index (χ0n) is 12.1. The first kappa shape index (κ1) is 16.9. The lowest BCUT2D eigenvalue weighted by molar-refractivity contribution is -0.126. The van der Waals surface area contributed by atoms with E-state index >= 15 is 0 Å². The Morgan fingerprint density at radius 2 is 2.05 bits per heavy atom. The van der Waals surface area contributed by atoms with Crippen molar-refractivity contribution < 1.29 is 23.8 Å². The van der Waals surface area contributed by atoms with Crippen molar-refractivity contribution >= 4 is 11.9 Å². The number of hydrogen-bond donors (Lipinski definition) is 3. The second-order valence-corrected chi connectivity index (χ2v) is 4.47. The van der Waals surface area contributed by atoms with Gasteiger partial charge in [-0.05, 0) is 38.5 Å². The van der Waals surface area contributed by atoms with Crippen LogP contribution in [0.25, 0.3) is 0 Å². The monoisotopic (exact) mass is 298 g/mol. The number of hydrogen-bond acceptors (Lipinski definition) is 4. The normalized spacial score (nSPS) is 13.2. The lowest BCUT2D eigenvalue weighted by Crippen LogP contribution is -2.45. The Morgan fingerprint density at radius 1 is 1.38 bits per heavy atom. The molecule has 1 unspecified atom stereocenters. The van der Waals surface area contributed by atoms with Crippen LogP contribution in [0.3, 0.4) is 0 Å². The average Bonchev–Trinajstić information content (AvgIpc) is 2.40. The molecular weight excluding hydrogens is 279 g/mol. The highest BCUT2D eigenvalue weighted by atomic mass is 19.1. The van der Waals surface area contributed by atoms with E-state index in [-0.39, 0.29) is 5.75 Å². The predicted octanol–water partition coefficient (Wildman–Crippen LogP) is 1.49. The number of rotatable bonds is 5. The Kier molecular flexibility index (Phi) is 6.10. The van der Waals surface area contributed by atoms with Crippen molar-refractivity contribution in [1.29, 1.82) is 0 Å². The van der Waals surface area contributed by atoms with Crippen LogP contribution in [0.5, 0.6) is 5.75 Å². The molecule has 21 heavy (non-hydrogen) atoms. The summed E-state index contributed by atoms with van der Waals surface area (Å²) in [5, 5.41) is 13.8. The van der Waals surface area contributed by atoms with Crippen LogP contribution < -0.4 is 15.4 Å². The van der Waals surface area contributed by atoms with Crippen molar-refractivity contribution in [2.45, 2.75) is 33.0 Å².